The smallest absolute Gasteiger partial charge is 0.248 e. The van der Waals surface area contributed by atoms with Crippen LogP contribution in [-0.2, 0) is 14.3 Å². The predicted molar refractivity (Wildman–Crippen MR) is 138 cm³/mol. The number of aromatic nitrogens is 2. The number of carbonyl (C=O) groups excluding carboxylic acids is 1. The summed E-state index contributed by atoms with van der Waals surface area (Å²) >= 11 is 5.94. The molecule has 1 fully saturated rings. The van der Waals surface area contributed by atoms with Gasteiger partial charge < -0.3 is 29.2 Å². The fraction of sp³-hybridized carbons (Fsp3) is 0.423. The number of nitrogens with one attached hydrogen (secondary N) is 1. The molecule has 4 rings (SSSR count). The highest BCUT2D eigenvalue weighted by molar-refractivity contribution is 6.31. The van der Waals surface area contributed by atoms with Crippen LogP contribution in [0.2, 0.25) is 5.02 Å². The van der Waals surface area contributed by atoms with Crippen LogP contribution in [0.1, 0.15) is 19.8 Å². The van der Waals surface area contributed by atoms with Crippen LogP contribution in [0, 0.1) is 5.82 Å². The summed E-state index contributed by atoms with van der Waals surface area (Å²) in [5.74, 6) is 1.08. The number of amides is 1. The lowest BCUT2D eigenvalue weighted by Gasteiger charge is -2.32. The minimum absolute atomic E-state index is 0.00675. The number of hydrogen-bond acceptors (Lipinski definition) is 8. The second kappa shape index (κ2) is 12.8. The third-order valence-electron chi connectivity index (χ3n) is 5.95. The highest BCUT2D eigenvalue weighted by Crippen LogP contribution is 2.36. The average Bonchev–Trinajstić information content (AvgIpc) is 2.90. The number of fused-ring (bicyclic) bond motifs is 1. The Balaban J connectivity index is 1.56. The number of benzene rings is 2. The van der Waals surface area contributed by atoms with Gasteiger partial charge in [-0.15, -0.1) is 0 Å². The van der Waals surface area contributed by atoms with Crippen molar-refractivity contribution in [2.24, 2.45) is 0 Å². The third kappa shape index (κ3) is 6.97. The Hall–Kier alpha value is -3.21. The second-order valence-corrected chi connectivity index (χ2v) is 8.88. The van der Waals surface area contributed by atoms with Gasteiger partial charge in [0.25, 0.3) is 0 Å². The maximum absolute atomic E-state index is 13.6. The lowest BCUT2D eigenvalue weighted by molar-refractivity contribution is -0.137. The lowest BCUT2D eigenvalue weighted by Crippen LogP contribution is -2.43. The molecule has 1 aromatic heterocycles. The molecule has 1 aliphatic heterocycles. The van der Waals surface area contributed by atoms with Gasteiger partial charge in [-0.2, -0.15) is 0 Å². The van der Waals surface area contributed by atoms with Gasteiger partial charge in [-0.1, -0.05) is 11.6 Å². The zero-order chi connectivity index (χ0) is 26.2. The summed E-state index contributed by atoms with van der Waals surface area (Å²) < 4.78 is 36.3. The summed E-state index contributed by atoms with van der Waals surface area (Å²) in [6.07, 6.45) is 2.69. The molecule has 0 bridgehead atoms. The molecule has 1 N–H and O–H groups in total. The molecule has 0 unspecified atom stereocenters. The first-order chi connectivity index (χ1) is 18.0. The van der Waals surface area contributed by atoms with Gasteiger partial charge in [0.1, 0.15) is 37.3 Å². The number of hydrogen-bond donors (Lipinski definition) is 1. The molecule has 198 valence electrons. The Bertz CT molecular complexity index is 1220. The number of halogens is 2. The number of ether oxygens (including phenoxy) is 4. The van der Waals surface area contributed by atoms with E-state index in [0.29, 0.717) is 79.7 Å². The molecule has 0 spiro atoms. The van der Waals surface area contributed by atoms with E-state index in [-0.39, 0.29) is 23.6 Å². The molecule has 0 aliphatic carbocycles. The molecule has 2 heterocycles. The third-order valence-corrected chi connectivity index (χ3v) is 6.24. The van der Waals surface area contributed by atoms with Crippen molar-refractivity contribution in [3.63, 3.8) is 0 Å². The Morgan fingerprint density at radius 2 is 1.97 bits per heavy atom. The highest BCUT2D eigenvalue weighted by atomic mass is 35.5. The number of likely N-dealkylation sites (tertiary alicyclic amines) is 1. The summed E-state index contributed by atoms with van der Waals surface area (Å²) in [5, 5.41) is 3.88. The molecule has 2 aromatic carbocycles. The SMILES string of the molecule is CCOCC(=O)N1CCC(Oc2cc3c(Nc4ccc(F)c(Cl)c4)ncnc3cc2OCCOC)CC1. The Morgan fingerprint density at radius 1 is 1.16 bits per heavy atom. The minimum Gasteiger partial charge on any atom is -0.487 e. The summed E-state index contributed by atoms with van der Waals surface area (Å²) in [7, 11) is 1.61. The van der Waals surface area contributed by atoms with Crippen molar-refractivity contribution in [3.05, 3.63) is 47.5 Å². The molecule has 1 amide bonds. The predicted octanol–water partition coefficient (Wildman–Crippen LogP) is 4.60. The molecule has 0 atom stereocenters. The standard InChI is InChI=1S/C26H30ClFN4O5/c1-3-35-15-25(33)32-8-6-18(7-9-32)37-24-13-19-22(14-23(24)36-11-10-34-2)29-16-30-26(19)31-17-4-5-21(28)20(27)12-17/h4-5,12-14,16,18H,3,6-11,15H2,1-2H3,(H,29,30,31). The van der Waals surface area contributed by atoms with Crippen LogP contribution in [-0.4, -0.2) is 73.5 Å². The van der Waals surface area contributed by atoms with E-state index < -0.39 is 5.82 Å². The van der Waals surface area contributed by atoms with Crippen LogP contribution in [0.25, 0.3) is 10.9 Å². The van der Waals surface area contributed by atoms with Crippen molar-refractivity contribution in [1.29, 1.82) is 0 Å². The molecule has 37 heavy (non-hydrogen) atoms. The summed E-state index contributed by atoms with van der Waals surface area (Å²) in [5.41, 5.74) is 1.22. The van der Waals surface area contributed by atoms with Crippen LogP contribution >= 0.6 is 11.6 Å². The largest absolute Gasteiger partial charge is 0.487 e. The Morgan fingerprint density at radius 3 is 2.70 bits per heavy atom. The molecule has 0 saturated carbocycles. The van der Waals surface area contributed by atoms with Crippen LogP contribution in [0.5, 0.6) is 11.5 Å². The number of rotatable bonds is 11. The molecule has 1 saturated heterocycles. The number of carbonyl (C=O) groups is 1. The van der Waals surface area contributed by atoms with Crippen molar-refractivity contribution in [3.8, 4) is 11.5 Å². The summed E-state index contributed by atoms with van der Waals surface area (Å²) in [6, 6.07) is 7.99. The van der Waals surface area contributed by atoms with Gasteiger partial charge in [0.05, 0.1) is 17.1 Å². The van der Waals surface area contributed by atoms with E-state index in [9.17, 15) is 9.18 Å². The summed E-state index contributed by atoms with van der Waals surface area (Å²) in [6.45, 7) is 4.40. The first-order valence-corrected chi connectivity index (χ1v) is 12.5. The zero-order valence-electron chi connectivity index (χ0n) is 20.8. The number of nitrogens with zero attached hydrogens (tertiary/aromatic N) is 3. The fourth-order valence-electron chi connectivity index (χ4n) is 4.00. The van der Waals surface area contributed by atoms with Crippen molar-refractivity contribution >= 4 is 39.9 Å². The molecule has 0 radical (unpaired) electrons. The van der Waals surface area contributed by atoms with E-state index >= 15 is 0 Å². The van der Waals surface area contributed by atoms with Gasteiger partial charge in [-0.3, -0.25) is 4.79 Å². The van der Waals surface area contributed by atoms with E-state index in [4.69, 9.17) is 30.5 Å². The Labute approximate surface area is 219 Å². The van der Waals surface area contributed by atoms with Crippen molar-refractivity contribution in [2.45, 2.75) is 25.9 Å². The molecule has 1 aliphatic rings. The normalized spacial score (nSPS) is 14.1. The van der Waals surface area contributed by atoms with Gasteiger partial charge in [-0.05, 0) is 31.2 Å². The quantitative estimate of drug-likeness (QED) is 0.358. The molecule has 9 nitrogen and oxygen atoms in total. The average molecular weight is 533 g/mol. The molecular formula is C26H30ClFN4O5. The maximum atomic E-state index is 13.6. The van der Waals surface area contributed by atoms with Gasteiger partial charge in [0, 0.05) is 56.8 Å². The van der Waals surface area contributed by atoms with Crippen molar-refractivity contribution in [1.82, 2.24) is 14.9 Å². The first kappa shape index (κ1) is 26.8. The molecular weight excluding hydrogens is 503 g/mol. The van der Waals surface area contributed by atoms with Gasteiger partial charge >= 0.3 is 0 Å². The van der Waals surface area contributed by atoms with E-state index in [1.165, 1.54) is 18.5 Å². The fourth-order valence-corrected chi connectivity index (χ4v) is 4.18. The van der Waals surface area contributed by atoms with Crippen LogP contribution in [0.4, 0.5) is 15.9 Å². The van der Waals surface area contributed by atoms with Crippen LogP contribution in [0.3, 0.4) is 0 Å². The number of piperidine rings is 1. The van der Waals surface area contributed by atoms with Crippen molar-refractivity contribution in [2.75, 3.05) is 51.9 Å². The van der Waals surface area contributed by atoms with Gasteiger partial charge in [0.15, 0.2) is 11.5 Å². The van der Waals surface area contributed by atoms with Gasteiger partial charge in [-0.25, -0.2) is 14.4 Å². The van der Waals surface area contributed by atoms with E-state index in [1.54, 1.807) is 24.1 Å². The molecule has 3 aromatic rings. The number of anilines is 2. The zero-order valence-corrected chi connectivity index (χ0v) is 21.6. The van der Waals surface area contributed by atoms with E-state index in [2.05, 4.69) is 15.3 Å². The lowest BCUT2D eigenvalue weighted by atomic mass is 10.1. The molecule has 11 heteroatoms. The van der Waals surface area contributed by atoms with E-state index in [0.717, 1.165) is 0 Å². The van der Waals surface area contributed by atoms with Crippen LogP contribution < -0.4 is 14.8 Å². The highest BCUT2D eigenvalue weighted by Gasteiger charge is 2.25. The first-order valence-electron chi connectivity index (χ1n) is 12.1. The maximum Gasteiger partial charge on any atom is 0.248 e. The van der Waals surface area contributed by atoms with Crippen molar-refractivity contribution < 1.29 is 28.1 Å². The van der Waals surface area contributed by atoms with E-state index in [1.807, 2.05) is 13.0 Å². The minimum atomic E-state index is -0.501. The van der Waals surface area contributed by atoms with Crippen LogP contribution in [0.15, 0.2) is 36.7 Å². The monoisotopic (exact) mass is 532 g/mol. The number of methoxy groups -OCH3 is 1. The summed E-state index contributed by atoms with van der Waals surface area (Å²) in [4.78, 5) is 22.8. The Kier molecular flexibility index (Phi) is 9.32. The topological polar surface area (TPSA) is 95.0 Å². The van der Waals surface area contributed by atoms with Gasteiger partial charge in [0.2, 0.25) is 5.91 Å². The second-order valence-electron chi connectivity index (χ2n) is 8.47.